The summed E-state index contributed by atoms with van der Waals surface area (Å²) in [4.78, 5) is 12.1. The van der Waals surface area contributed by atoms with E-state index in [9.17, 15) is 9.18 Å². The van der Waals surface area contributed by atoms with Crippen LogP contribution in [0.1, 0.15) is 25.8 Å². The van der Waals surface area contributed by atoms with E-state index in [0.29, 0.717) is 10.9 Å². The van der Waals surface area contributed by atoms with Gasteiger partial charge in [0.25, 0.3) is 0 Å². The van der Waals surface area contributed by atoms with Crippen LogP contribution in [0.2, 0.25) is 5.02 Å². The third-order valence-electron chi connectivity index (χ3n) is 3.94. The highest BCUT2D eigenvalue weighted by Gasteiger charge is 2.28. The largest absolute Gasteiger partial charge is 0.351 e. The summed E-state index contributed by atoms with van der Waals surface area (Å²) in [6.45, 7) is 5.14. The number of carbonyl (C=O) groups excluding carboxylic acids is 1. The molecule has 0 aromatic heterocycles. The summed E-state index contributed by atoms with van der Waals surface area (Å²) in [6, 6.07) is 4.75. The highest BCUT2D eigenvalue weighted by atomic mass is 35.5. The summed E-state index contributed by atoms with van der Waals surface area (Å²) in [5, 5.41) is 6.63. The molecule has 1 aromatic rings. The van der Waals surface area contributed by atoms with E-state index in [-0.39, 0.29) is 30.0 Å². The number of halogens is 2. The van der Waals surface area contributed by atoms with Crippen LogP contribution in [-0.2, 0) is 11.2 Å². The molecule has 1 aromatic carbocycles. The first-order chi connectivity index (χ1) is 9.49. The maximum Gasteiger partial charge on any atom is 0.224 e. The SMILES string of the molecule is CC1CCNC(C)C1NC(=O)Cc1c(F)cccc1Cl. The Kier molecular flexibility index (Phi) is 5.00. The summed E-state index contributed by atoms with van der Waals surface area (Å²) >= 11 is 5.94. The number of nitrogens with one attached hydrogen (secondary N) is 2. The molecule has 2 rings (SSSR count). The molecule has 5 heteroatoms. The highest BCUT2D eigenvalue weighted by molar-refractivity contribution is 6.31. The maximum absolute atomic E-state index is 13.7. The van der Waals surface area contributed by atoms with Gasteiger partial charge in [0.2, 0.25) is 5.91 Å². The fourth-order valence-electron chi connectivity index (χ4n) is 2.70. The van der Waals surface area contributed by atoms with Crippen LogP contribution in [0.4, 0.5) is 4.39 Å². The Balaban J connectivity index is 2.02. The third-order valence-corrected chi connectivity index (χ3v) is 4.30. The van der Waals surface area contributed by atoms with E-state index in [1.165, 1.54) is 12.1 Å². The zero-order chi connectivity index (χ0) is 14.7. The van der Waals surface area contributed by atoms with Crippen LogP contribution in [0.5, 0.6) is 0 Å². The molecule has 20 heavy (non-hydrogen) atoms. The molecule has 2 N–H and O–H groups in total. The van der Waals surface area contributed by atoms with Crippen molar-refractivity contribution < 1.29 is 9.18 Å². The van der Waals surface area contributed by atoms with E-state index in [2.05, 4.69) is 24.5 Å². The van der Waals surface area contributed by atoms with Crippen molar-refractivity contribution in [1.82, 2.24) is 10.6 Å². The van der Waals surface area contributed by atoms with Crippen LogP contribution in [0.15, 0.2) is 18.2 Å². The molecule has 1 aliphatic heterocycles. The van der Waals surface area contributed by atoms with Crippen molar-refractivity contribution in [3.63, 3.8) is 0 Å². The molecule has 0 bridgehead atoms. The average Bonchev–Trinajstić information content (AvgIpc) is 2.39. The van der Waals surface area contributed by atoms with Gasteiger partial charge in [0.1, 0.15) is 5.82 Å². The monoisotopic (exact) mass is 298 g/mol. The van der Waals surface area contributed by atoms with Gasteiger partial charge < -0.3 is 10.6 Å². The minimum Gasteiger partial charge on any atom is -0.351 e. The second kappa shape index (κ2) is 6.55. The van der Waals surface area contributed by atoms with Crippen LogP contribution in [0, 0.1) is 11.7 Å². The first kappa shape index (κ1) is 15.3. The Bertz CT molecular complexity index is 465. The molecule has 3 atom stereocenters. The van der Waals surface area contributed by atoms with Crippen molar-refractivity contribution in [2.75, 3.05) is 6.54 Å². The van der Waals surface area contributed by atoms with Gasteiger partial charge in [-0.15, -0.1) is 0 Å². The topological polar surface area (TPSA) is 41.1 Å². The van der Waals surface area contributed by atoms with Crippen LogP contribution in [-0.4, -0.2) is 24.5 Å². The minimum absolute atomic E-state index is 0.0263. The Morgan fingerprint density at radius 3 is 2.90 bits per heavy atom. The first-order valence-corrected chi connectivity index (χ1v) is 7.32. The smallest absolute Gasteiger partial charge is 0.224 e. The summed E-state index contributed by atoms with van der Waals surface area (Å²) in [5.74, 6) is -0.216. The minimum atomic E-state index is -0.435. The Morgan fingerprint density at radius 2 is 2.25 bits per heavy atom. The van der Waals surface area contributed by atoms with Crippen molar-refractivity contribution in [2.24, 2.45) is 5.92 Å². The quantitative estimate of drug-likeness (QED) is 0.900. The molecule has 1 aliphatic rings. The average molecular weight is 299 g/mol. The number of benzene rings is 1. The predicted octanol–water partition coefficient (Wildman–Crippen LogP) is 2.52. The fraction of sp³-hybridized carbons (Fsp3) is 0.533. The van der Waals surface area contributed by atoms with Gasteiger partial charge in [-0.2, -0.15) is 0 Å². The molecule has 3 nitrogen and oxygen atoms in total. The molecule has 1 heterocycles. The van der Waals surface area contributed by atoms with Crippen LogP contribution in [0.3, 0.4) is 0 Å². The van der Waals surface area contributed by atoms with Crippen molar-refractivity contribution in [2.45, 2.75) is 38.8 Å². The van der Waals surface area contributed by atoms with Crippen molar-refractivity contribution >= 4 is 17.5 Å². The van der Waals surface area contributed by atoms with E-state index in [1.54, 1.807) is 6.07 Å². The lowest BCUT2D eigenvalue weighted by atomic mass is 9.89. The lowest BCUT2D eigenvalue weighted by Crippen LogP contribution is -2.56. The lowest BCUT2D eigenvalue weighted by Gasteiger charge is -2.36. The van der Waals surface area contributed by atoms with E-state index in [4.69, 9.17) is 11.6 Å². The van der Waals surface area contributed by atoms with Gasteiger partial charge in [-0.1, -0.05) is 24.6 Å². The number of amides is 1. The zero-order valence-corrected chi connectivity index (χ0v) is 12.5. The highest BCUT2D eigenvalue weighted by Crippen LogP contribution is 2.20. The van der Waals surface area contributed by atoms with Gasteiger partial charge in [-0.25, -0.2) is 4.39 Å². The van der Waals surface area contributed by atoms with Gasteiger partial charge in [0.15, 0.2) is 0 Å². The maximum atomic E-state index is 13.7. The summed E-state index contributed by atoms with van der Waals surface area (Å²) in [5.41, 5.74) is 0.260. The molecule has 0 saturated carbocycles. The van der Waals surface area contributed by atoms with E-state index in [1.807, 2.05) is 0 Å². The zero-order valence-electron chi connectivity index (χ0n) is 11.7. The van der Waals surface area contributed by atoms with E-state index in [0.717, 1.165) is 13.0 Å². The Labute approximate surface area is 123 Å². The first-order valence-electron chi connectivity index (χ1n) is 6.94. The standard InChI is InChI=1S/C15H20ClFN2O/c1-9-6-7-18-10(2)15(9)19-14(20)8-11-12(16)4-3-5-13(11)17/h3-5,9-10,15,18H,6-8H2,1-2H3,(H,19,20). The predicted molar refractivity (Wildman–Crippen MR) is 78.3 cm³/mol. The Hall–Kier alpha value is -1.13. The number of piperidine rings is 1. The second-order valence-corrected chi connectivity index (χ2v) is 5.89. The van der Waals surface area contributed by atoms with Gasteiger partial charge >= 0.3 is 0 Å². The van der Waals surface area contributed by atoms with Crippen molar-refractivity contribution in [1.29, 1.82) is 0 Å². The molecule has 1 saturated heterocycles. The van der Waals surface area contributed by atoms with Crippen molar-refractivity contribution in [3.8, 4) is 0 Å². The number of carbonyl (C=O) groups is 1. The summed E-state index contributed by atoms with van der Waals surface area (Å²) in [7, 11) is 0. The molecule has 1 amide bonds. The normalized spacial score (nSPS) is 26.3. The molecule has 0 radical (unpaired) electrons. The van der Waals surface area contributed by atoms with E-state index >= 15 is 0 Å². The van der Waals surface area contributed by atoms with Crippen molar-refractivity contribution in [3.05, 3.63) is 34.6 Å². The Morgan fingerprint density at radius 1 is 1.50 bits per heavy atom. The molecular formula is C15H20ClFN2O. The number of hydrogen-bond donors (Lipinski definition) is 2. The fourth-order valence-corrected chi connectivity index (χ4v) is 2.93. The number of rotatable bonds is 3. The molecule has 0 aliphatic carbocycles. The van der Waals surface area contributed by atoms with Gasteiger partial charge in [-0.3, -0.25) is 4.79 Å². The summed E-state index contributed by atoms with van der Waals surface area (Å²) in [6.07, 6.45) is 0.997. The van der Waals surface area contributed by atoms with Crippen LogP contribution >= 0.6 is 11.6 Å². The molecule has 3 unspecified atom stereocenters. The molecule has 1 fully saturated rings. The van der Waals surface area contributed by atoms with Crippen LogP contribution in [0.25, 0.3) is 0 Å². The van der Waals surface area contributed by atoms with Gasteiger partial charge in [-0.05, 0) is 37.9 Å². The van der Waals surface area contributed by atoms with Gasteiger partial charge in [0, 0.05) is 22.7 Å². The van der Waals surface area contributed by atoms with E-state index < -0.39 is 5.82 Å². The molecule has 0 spiro atoms. The lowest BCUT2D eigenvalue weighted by molar-refractivity contribution is -0.121. The van der Waals surface area contributed by atoms with Crippen LogP contribution < -0.4 is 10.6 Å². The number of hydrogen-bond acceptors (Lipinski definition) is 2. The van der Waals surface area contributed by atoms with Gasteiger partial charge in [0.05, 0.1) is 6.42 Å². The second-order valence-electron chi connectivity index (χ2n) is 5.48. The molecular weight excluding hydrogens is 279 g/mol. The molecule has 110 valence electrons. The third kappa shape index (κ3) is 3.49. The summed E-state index contributed by atoms with van der Waals surface area (Å²) < 4.78 is 13.7.